The van der Waals surface area contributed by atoms with E-state index in [1.807, 2.05) is 25.3 Å². The maximum Gasteiger partial charge on any atom is 0.126 e. The van der Waals surface area contributed by atoms with Crippen LogP contribution in [0.3, 0.4) is 0 Å². The first-order valence-corrected chi connectivity index (χ1v) is 6.06. The summed E-state index contributed by atoms with van der Waals surface area (Å²) in [6.07, 6.45) is 7.61. The van der Waals surface area contributed by atoms with Gasteiger partial charge in [-0.25, -0.2) is 4.98 Å². The van der Waals surface area contributed by atoms with E-state index in [2.05, 4.69) is 10.3 Å². The van der Waals surface area contributed by atoms with Gasteiger partial charge < -0.3 is 10.4 Å². The van der Waals surface area contributed by atoms with Crippen molar-refractivity contribution in [3.63, 3.8) is 0 Å². The van der Waals surface area contributed by atoms with Gasteiger partial charge in [0.15, 0.2) is 0 Å². The summed E-state index contributed by atoms with van der Waals surface area (Å²) < 4.78 is 0. The highest BCUT2D eigenvalue weighted by molar-refractivity contribution is 5.38. The number of rotatable bonds is 3. The summed E-state index contributed by atoms with van der Waals surface area (Å²) in [6.45, 7) is 2.22. The lowest BCUT2D eigenvalue weighted by Gasteiger charge is -2.36. The Kier molecular flexibility index (Phi) is 3.44. The van der Waals surface area contributed by atoms with Crippen molar-refractivity contribution in [2.75, 3.05) is 11.9 Å². The average molecular weight is 220 g/mol. The van der Waals surface area contributed by atoms with Gasteiger partial charge in [-0.2, -0.15) is 0 Å². The van der Waals surface area contributed by atoms with Crippen LogP contribution >= 0.6 is 0 Å². The van der Waals surface area contributed by atoms with E-state index in [0.717, 1.165) is 24.2 Å². The van der Waals surface area contributed by atoms with Crippen molar-refractivity contribution in [1.29, 1.82) is 0 Å². The molecular formula is C13H20N2O. The van der Waals surface area contributed by atoms with Crippen molar-refractivity contribution in [3.05, 3.63) is 23.9 Å². The lowest BCUT2D eigenvalue weighted by atomic mass is 9.82. The Morgan fingerprint density at radius 2 is 2.06 bits per heavy atom. The average Bonchev–Trinajstić information content (AvgIpc) is 2.33. The summed E-state index contributed by atoms with van der Waals surface area (Å²) in [5, 5.41) is 13.0. The molecule has 16 heavy (non-hydrogen) atoms. The molecule has 1 fully saturated rings. The van der Waals surface area contributed by atoms with Gasteiger partial charge in [-0.1, -0.05) is 25.3 Å². The Labute approximate surface area is 96.9 Å². The Balaban J connectivity index is 2.08. The molecule has 0 unspecified atom stereocenters. The largest absolute Gasteiger partial charge is 0.394 e. The zero-order chi connectivity index (χ0) is 11.4. The number of anilines is 1. The molecule has 1 aliphatic carbocycles. The quantitative estimate of drug-likeness (QED) is 0.822. The smallest absolute Gasteiger partial charge is 0.126 e. The molecule has 1 aliphatic rings. The number of aliphatic hydroxyl groups excluding tert-OH is 1. The van der Waals surface area contributed by atoms with Crippen LogP contribution in [0.1, 0.15) is 37.7 Å². The van der Waals surface area contributed by atoms with Crippen LogP contribution in [0.2, 0.25) is 0 Å². The van der Waals surface area contributed by atoms with Crippen LogP contribution in [0.4, 0.5) is 5.82 Å². The van der Waals surface area contributed by atoms with Crippen LogP contribution in [-0.2, 0) is 0 Å². The summed E-state index contributed by atoms with van der Waals surface area (Å²) in [6, 6.07) is 4.03. The fraction of sp³-hybridized carbons (Fsp3) is 0.615. The van der Waals surface area contributed by atoms with Crippen molar-refractivity contribution in [2.45, 2.75) is 44.6 Å². The maximum absolute atomic E-state index is 9.57. The third kappa shape index (κ3) is 2.53. The van der Waals surface area contributed by atoms with Gasteiger partial charge in [0.1, 0.15) is 5.82 Å². The Morgan fingerprint density at radius 3 is 2.62 bits per heavy atom. The van der Waals surface area contributed by atoms with Crippen molar-refractivity contribution < 1.29 is 5.11 Å². The first-order chi connectivity index (χ1) is 7.74. The maximum atomic E-state index is 9.57. The van der Waals surface area contributed by atoms with Gasteiger partial charge in [0.05, 0.1) is 12.1 Å². The predicted octanol–water partition coefficient (Wildman–Crippen LogP) is 2.50. The molecule has 0 amide bonds. The Hall–Kier alpha value is -1.09. The molecule has 1 aromatic rings. The number of aromatic nitrogens is 1. The molecule has 0 atom stereocenters. The summed E-state index contributed by atoms with van der Waals surface area (Å²) in [7, 11) is 0. The van der Waals surface area contributed by atoms with E-state index in [1.165, 1.54) is 19.3 Å². The van der Waals surface area contributed by atoms with E-state index in [4.69, 9.17) is 0 Å². The van der Waals surface area contributed by atoms with Gasteiger partial charge in [-0.05, 0) is 31.4 Å². The molecule has 0 aliphatic heterocycles. The van der Waals surface area contributed by atoms with E-state index in [9.17, 15) is 5.11 Å². The number of hydrogen-bond donors (Lipinski definition) is 2. The second-order valence-electron chi connectivity index (χ2n) is 4.84. The summed E-state index contributed by atoms with van der Waals surface area (Å²) in [5.41, 5.74) is 1.02. The van der Waals surface area contributed by atoms with Crippen LogP contribution in [0.15, 0.2) is 18.3 Å². The van der Waals surface area contributed by atoms with Gasteiger partial charge >= 0.3 is 0 Å². The van der Waals surface area contributed by atoms with Crippen molar-refractivity contribution in [1.82, 2.24) is 4.98 Å². The molecule has 0 spiro atoms. The van der Waals surface area contributed by atoms with E-state index in [-0.39, 0.29) is 12.1 Å². The molecule has 0 saturated heterocycles. The fourth-order valence-electron chi connectivity index (χ4n) is 2.36. The third-order valence-corrected chi connectivity index (χ3v) is 3.42. The summed E-state index contributed by atoms with van der Waals surface area (Å²) >= 11 is 0. The van der Waals surface area contributed by atoms with Crippen LogP contribution < -0.4 is 5.32 Å². The second kappa shape index (κ2) is 4.83. The SMILES string of the molecule is Cc1ccc(NC2(CO)CCCCC2)nc1. The highest BCUT2D eigenvalue weighted by Gasteiger charge is 2.31. The molecule has 3 heteroatoms. The molecular weight excluding hydrogens is 200 g/mol. The van der Waals surface area contributed by atoms with Crippen molar-refractivity contribution >= 4 is 5.82 Å². The van der Waals surface area contributed by atoms with E-state index in [0.29, 0.717) is 0 Å². The molecule has 3 nitrogen and oxygen atoms in total. The van der Waals surface area contributed by atoms with E-state index < -0.39 is 0 Å². The van der Waals surface area contributed by atoms with Crippen LogP contribution in [0, 0.1) is 6.92 Å². The highest BCUT2D eigenvalue weighted by Crippen LogP contribution is 2.30. The Morgan fingerprint density at radius 1 is 1.31 bits per heavy atom. The number of aryl methyl sites for hydroxylation is 1. The normalized spacial score (nSPS) is 19.4. The fourth-order valence-corrected chi connectivity index (χ4v) is 2.36. The molecule has 1 saturated carbocycles. The minimum Gasteiger partial charge on any atom is -0.394 e. The molecule has 88 valence electrons. The molecule has 0 bridgehead atoms. The van der Waals surface area contributed by atoms with Gasteiger partial charge in [0, 0.05) is 6.20 Å². The first kappa shape index (κ1) is 11.4. The molecule has 2 N–H and O–H groups in total. The lowest BCUT2D eigenvalue weighted by Crippen LogP contribution is -2.44. The van der Waals surface area contributed by atoms with Crippen LogP contribution in [0.25, 0.3) is 0 Å². The van der Waals surface area contributed by atoms with E-state index >= 15 is 0 Å². The predicted molar refractivity (Wildman–Crippen MR) is 65.5 cm³/mol. The van der Waals surface area contributed by atoms with Gasteiger partial charge in [0.2, 0.25) is 0 Å². The number of nitrogens with one attached hydrogen (secondary N) is 1. The number of hydrogen-bond acceptors (Lipinski definition) is 3. The van der Waals surface area contributed by atoms with Gasteiger partial charge in [-0.3, -0.25) is 0 Å². The third-order valence-electron chi connectivity index (χ3n) is 3.42. The molecule has 0 radical (unpaired) electrons. The van der Waals surface area contributed by atoms with Gasteiger partial charge in [0.25, 0.3) is 0 Å². The highest BCUT2D eigenvalue weighted by atomic mass is 16.3. The first-order valence-electron chi connectivity index (χ1n) is 6.06. The summed E-state index contributed by atoms with van der Waals surface area (Å²) in [5.74, 6) is 0.876. The molecule has 0 aromatic carbocycles. The lowest BCUT2D eigenvalue weighted by molar-refractivity contribution is 0.172. The number of pyridine rings is 1. The van der Waals surface area contributed by atoms with Crippen molar-refractivity contribution in [3.8, 4) is 0 Å². The van der Waals surface area contributed by atoms with Crippen LogP contribution in [-0.4, -0.2) is 22.2 Å². The standard InChI is InChI=1S/C13H20N2O/c1-11-5-6-12(14-9-11)15-13(10-16)7-3-2-4-8-13/h5-6,9,16H,2-4,7-8,10H2,1H3,(H,14,15). The number of aliphatic hydroxyl groups is 1. The number of nitrogens with zero attached hydrogens (tertiary/aromatic N) is 1. The molecule has 1 heterocycles. The molecule has 2 rings (SSSR count). The zero-order valence-electron chi connectivity index (χ0n) is 9.87. The van der Waals surface area contributed by atoms with Gasteiger partial charge in [-0.15, -0.1) is 0 Å². The minimum atomic E-state index is -0.138. The van der Waals surface area contributed by atoms with E-state index in [1.54, 1.807) is 0 Å². The topological polar surface area (TPSA) is 45.1 Å². The zero-order valence-corrected chi connectivity index (χ0v) is 9.87. The summed E-state index contributed by atoms with van der Waals surface area (Å²) in [4.78, 5) is 4.34. The minimum absolute atomic E-state index is 0.138. The van der Waals surface area contributed by atoms with Crippen molar-refractivity contribution in [2.24, 2.45) is 0 Å². The monoisotopic (exact) mass is 220 g/mol. The molecule has 1 aromatic heterocycles. The second-order valence-corrected chi connectivity index (χ2v) is 4.84. The van der Waals surface area contributed by atoms with Crippen LogP contribution in [0.5, 0.6) is 0 Å². The Bertz CT molecular complexity index is 328.